The Morgan fingerprint density at radius 3 is 2.56 bits per heavy atom. The molecule has 2 aromatic carbocycles. The number of likely N-dealkylation sites (N-methyl/N-ethyl adjacent to an activating group) is 1. The van der Waals surface area contributed by atoms with Gasteiger partial charge in [0.1, 0.15) is 18.5 Å². The molecule has 2 aliphatic rings. The Hall–Kier alpha value is -3.96. The zero-order valence-electron chi connectivity index (χ0n) is 21.5. The molecule has 2 aliphatic heterocycles. The average Bonchev–Trinajstić information content (AvgIpc) is 3.36. The number of hydrogen-bond acceptors (Lipinski definition) is 8. The normalized spacial score (nSPS) is 18.3. The number of anilines is 1. The number of carboxylic acid groups (broad SMARTS) is 1. The van der Waals surface area contributed by atoms with Gasteiger partial charge in [0.25, 0.3) is 5.56 Å². The topological polar surface area (TPSA) is 117 Å². The van der Waals surface area contributed by atoms with Gasteiger partial charge in [-0.05, 0) is 44.0 Å². The third-order valence-corrected chi connectivity index (χ3v) is 7.90. The number of amides is 1. The summed E-state index contributed by atoms with van der Waals surface area (Å²) in [5.41, 5.74) is 0.699. The lowest BCUT2D eigenvalue weighted by Gasteiger charge is -2.34. The predicted octanol–water partition coefficient (Wildman–Crippen LogP) is 3.26. The molecule has 1 N–H and O–H groups in total. The summed E-state index contributed by atoms with van der Waals surface area (Å²) in [6.07, 6.45) is 2.63. The summed E-state index contributed by atoms with van der Waals surface area (Å²) in [7, 11) is 2.06. The average molecular weight is 550 g/mol. The molecule has 1 atom stereocenters. The van der Waals surface area contributed by atoms with Crippen LogP contribution in [0.1, 0.15) is 12.8 Å². The zero-order chi connectivity index (χ0) is 27.1. The number of likely N-dealkylation sites (tertiary alicyclic amines) is 1. The summed E-state index contributed by atoms with van der Waals surface area (Å²) in [6.45, 7) is 2.86. The van der Waals surface area contributed by atoms with Crippen molar-refractivity contribution in [3.05, 3.63) is 58.1 Å². The molecular weight excluding hydrogens is 522 g/mol. The molecule has 2 fully saturated rings. The zero-order valence-corrected chi connectivity index (χ0v) is 22.2. The van der Waals surface area contributed by atoms with Crippen LogP contribution in [0.3, 0.4) is 0 Å². The van der Waals surface area contributed by atoms with Gasteiger partial charge in [0.15, 0.2) is 11.3 Å². The van der Waals surface area contributed by atoms with Crippen LogP contribution in [0.5, 0.6) is 6.01 Å². The molecule has 2 saturated heterocycles. The smallest absolute Gasteiger partial charge is 0.407 e. The van der Waals surface area contributed by atoms with Crippen molar-refractivity contribution < 1.29 is 14.6 Å². The van der Waals surface area contributed by atoms with Gasteiger partial charge < -0.3 is 24.5 Å². The molecule has 4 aromatic rings. The van der Waals surface area contributed by atoms with Gasteiger partial charge >= 0.3 is 12.1 Å². The number of rotatable bonds is 5. The predicted molar refractivity (Wildman–Crippen MR) is 148 cm³/mol. The summed E-state index contributed by atoms with van der Waals surface area (Å²) in [5.74, 6) is 0.458. The number of halogens is 1. The molecule has 0 spiro atoms. The standard InChI is InChI=1S/C27H28ClN7O4/c1-32-10-4-7-18(32)15-39-26-30-23-22(24(31-26)33-11-13-34(14-12-33)27(37)38)29-16-35(25(23)36)20-9-3-6-17-5-2-8-19(28)21(17)20/h2-3,5-6,8-9,16,18H,4,7,10-15H2,1H3,(H,37,38). The van der Waals surface area contributed by atoms with E-state index in [-0.39, 0.29) is 23.1 Å². The van der Waals surface area contributed by atoms with E-state index in [1.165, 1.54) is 15.8 Å². The van der Waals surface area contributed by atoms with E-state index in [0.717, 1.165) is 30.2 Å². The minimum absolute atomic E-state index is 0.103. The number of nitrogens with zero attached hydrogens (tertiary/aromatic N) is 7. The lowest BCUT2D eigenvalue weighted by Crippen LogP contribution is -2.48. The van der Waals surface area contributed by atoms with Crippen LogP contribution in [0.4, 0.5) is 10.6 Å². The molecule has 1 unspecified atom stereocenters. The van der Waals surface area contributed by atoms with E-state index in [4.69, 9.17) is 16.3 Å². The first-order chi connectivity index (χ1) is 18.9. The Bertz CT molecular complexity index is 1610. The first-order valence-electron chi connectivity index (χ1n) is 12.9. The van der Waals surface area contributed by atoms with Crippen LogP contribution in [-0.2, 0) is 0 Å². The Morgan fingerprint density at radius 1 is 1.08 bits per heavy atom. The second-order valence-electron chi connectivity index (χ2n) is 9.91. The van der Waals surface area contributed by atoms with Gasteiger partial charge in [0.05, 0.1) is 10.7 Å². The monoisotopic (exact) mass is 549 g/mol. The third kappa shape index (κ3) is 4.72. The number of benzene rings is 2. The van der Waals surface area contributed by atoms with Gasteiger partial charge in [0, 0.05) is 37.6 Å². The van der Waals surface area contributed by atoms with E-state index in [9.17, 15) is 14.7 Å². The van der Waals surface area contributed by atoms with Gasteiger partial charge in [-0.25, -0.2) is 9.78 Å². The number of hydrogen-bond donors (Lipinski definition) is 1. The highest BCUT2D eigenvalue weighted by Crippen LogP contribution is 2.30. The van der Waals surface area contributed by atoms with Gasteiger partial charge in [-0.2, -0.15) is 9.97 Å². The largest absolute Gasteiger partial charge is 0.465 e. The number of ether oxygens (including phenoxy) is 1. The van der Waals surface area contributed by atoms with E-state index < -0.39 is 6.09 Å². The summed E-state index contributed by atoms with van der Waals surface area (Å²) >= 11 is 6.55. The minimum Gasteiger partial charge on any atom is -0.465 e. The lowest BCUT2D eigenvalue weighted by molar-refractivity contribution is 0.142. The van der Waals surface area contributed by atoms with Crippen molar-refractivity contribution in [2.24, 2.45) is 0 Å². The molecule has 39 heavy (non-hydrogen) atoms. The van der Waals surface area contributed by atoms with E-state index in [2.05, 4.69) is 26.9 Å². The van der Waals surface area contributed by atoms with Gasteiger partial charge in [-0.3, -0.25) is 9.36 Å². The summed E-state index contributed by atoms with van der Waals surface area (Å²) in [5, 5.41) is 11.5. The molecule has 1 amide bonds. The van der Waals surface area contributed by atoms with Crippen molar-refractivity contribution in [3.63, 3.8) is 0 Å². The van der Waals surface area contributed by atoms with Crippen molar-refractivity contribution in [2.45, 2.75) is 18.9 Å². The lowest BCUT2D eigenvalue weighted by atomic mass is 10.1. The van der Waals surface area contributed by atoms with Crippen LogP contribution in [0.15, 0.2) is 47.5 Å². The maximum absolute atomic E-state index is 13.9. The molecule has 202 valence electrons. The first-order valence-corrected chi connectivity index (χ1v) is 13.3. The van der Waals surface area contributed by atoms with Crippen LogP contribution in [-0.4, -0.2) is 92.9 Å². The fraction of sp³-hybridized carbons (Fsp3) is 0.370. The molecule has 0 bridgehead atoms. The van der Waals surface area contributed by atoms with E-state index in [1.807, 2.05) is 35.2 Å². The molecule has 0 aliphatic carbocycles. The highest BCUT2D eigenvalue weighted by atomic mass is 35.5. The number of aromatic nitrogens is 4. The van der Waals surface area contributed by atoms with E-state index in [1.54, 1.807) is 6.07 Å². The number of piperazine rings is 1. The minimum atomic E-state index is -0.957. The van der Waals surface area contributed by atoms with Crippen LogP contribution in [0, 0.1) is 0 Å². The molecule has 2 aromatic heterocycles. The van der Waals surface area contributed by atoms with Crippen molar-refractivity contribution >= 4 is 45.3 Å². The molecule has 0 saturated carbocycles. The van der Waals surface area contributed by atoms with Crippen molar-refractivity contribution in [1.82, 2.24) is 29.3 Å². The third-order valence-electron chi connectivity index (χ3n) is 7.59. The Labute approximate surface area is 229 Å². The highest BCUT2D eigenvalue weighted by Gasteiger charge is 2.27. The van der Waals surface area contributed by atoms with Crippen LogP contribution in [0.2, 0.25) is 5.02 Å². The van der Waals surface area contributed by atoms with Crippen LogP contribution < -0.4 is 15.2 Å². The maximum atomic E-state index is 13.9. The van der Waals surface area contributed by atoms with Crippen molar-refractivity contribution in [1.29, 1.82) is 0 Å². The molecule has 6 rings (SSSR count). The van der Waals surface area contributed by atoms with E-state index >= 15 is 0 Å². The summed E-state index contributed by atoms with van der Waals surface area (Å²) in [4.78, 5) is 44.7. The molecule has 4 heterocycles. The van der Waals surface area contributed by atoms with Crippen LogP contribution in [0.25, 0.3) is 27.5 Å². The Balaban J connectivity index is 1.46. The van der Waals surface area contributed by atoms with Gasteiger partial charge in [-0.15, -0.1) is 0 Å². The van der Waals surface area contributed by atoms with Gasteiger partial charge in [-0.1, -0.05) is 35.9 Å². The first kappa shape index (κ1) is 25.3. The second-order valence-corrected chi connectivity index (χ2v) is 10.3. The van der Waals surface area contributed by atoms with Crippen molar-refractivity contribution in [2.75, 3.05) is 51.3 Å². The molecule has 0 radical (unpaired) electrons. The van der Waals surface area contributed by atoms with Crippen LogP contribution >= 0.6 is 11.6 Å². The Morgan fingerprint density at radius 2 is 1.85 bits per heavy atom. The fourth-order valence-electron chi connectivity index (χ4n) is 5.38. The number of carbonyl (C=O) groups is 1. The molecular formula is C27H28ClN7O4. The molecule has 12 heteroatoms. The summed E-state index contributed by atoms with van der Waals surface area (Å²) in [6, 6.07) is 11.6. The quantitative estimate of drug-likeness (QED) is 0.400. The fourth-order valence-corrected chi connectivity index (χ4v) is 5.66. The molecule has 11 nitrogen and oxygen atoms in total. The maximum Gasteiger partial charge on any atom is 0.407 e. The van der Waals surface area contributed by atoms with Gasteiger partial charge in [0.2, 0.25) is 0 Å². The van der Waals surface area contributed by atoms with Crippen molar-refractivity contribution in [3.8, 4) is 11.7 Å². The number of fused-ring (bicyclic) bond motifs is 2. The highest BCUT2D eigenvalue weighted by molar-refractivity contribution is 6.36. The SMILES string of the molecule is CN1CCCC1COc1nc(N2CCN(C(=O)O)CC2)c2ncn(-c3cccc4cccc(Cl)c34)c(=O)c2n1. The van der Waals surface area contributed by atoms with E-state index in [0.29, 0.717) is 54.8 Å². The summed E-state index contributed by atoms with van der Waals surface area (Å²) < 4.78 is 7.51. The second kappa shape index (κ2) is 10.3. The Kier molecular flexibility index (Phi) is 6.69.